The quantitative estimate of drug-likeness (QED) is 0.136. The number of fused-ring (bicyclic) bond motifs is 2. The number of carboxylic acid groups (broad SMARTS) is 1. The summed E-state index contributed by atoms with van der Waals surface area (Å²) in [4.78, 5) is 36.0. The Kier molecular flexibility index (Phi) is 9.30. The lowest BCUT2D eigenvalue weighted by atomic mass is 10.1. The number of ether oxygens (including phenoxy) is 3. The van der Waals surface area contributed by atoms with Crippen molar-refractivity contribution in [3.8, 4) is 17.0 Å². The van der Waals surface area contributed by atoms with E-state index >= 15 is 4.39 Å². The van der Waals surface area contributed by atoms with E-state index in [0.717, 1.165) is 6.04 Å². The highest BCUT2D eigenvalue weighted by Gasteiger charge is 2.32. The summed E-state index contributed by atoms with van der Waals surface area (Å²) in [7, 11) is -1.35. The molecule has 0 atom stereocenters. The first-order valence-corrected chi connectivity index (χ1v) is 18.9. The minimum atomic E-state index is -1.35. The van der Waals surface area contributed by atoms with Gasteiger partial charge in [0.2, 0.25) is 0 Å². The molecule has 1 amide bonds. The van der Waals surface area contributed by atoms with Crippen molar-refractivity contribution < 1.29 is 33.3 Å². The van der Waals surface area contributed by atoms with Crippen LogP contribution in [0.15, 0.2) is 42.6 Å². The van der Waals surface area contributed by atoms with Crippen molar-refractivity contribution in [2.24, 2.45) is 0 Å². The molecule has 0 bridgehead atoms. The van der Waals surface area contributed by atoms with Crippen molar-refractivity contribution in [1.29, 1.82) is 0 Å². The number of halogens is 2. The van der Waals surface area contributed by atoms with Gasteiger partial charge in [-0.15, -0.1) is 0 Å². The van der Waals surface area contributed by atoms with Gasteiger partial charge in [0.15, 0.2) is 11.6 Å². The number of anilines is 3. The van der Waals surface area contributed by atoms with Crippen molar-refractivity contribution >= 4 is 60.0 Å². The maximum Gasteiger partial charge on any atom is 0.416 e. The van der Waals surface area contributed by atoms with Crippen LogP contribution in [0.2, 0.25) is 30.7 Å². The summed E-state index contributed by atoms with van der Waals surface area (Å²) in [5.41, 5.74) is 0.788. The SMILES string of the molecule is CC(C)(C)OC(=O)N1CCOc2c(Nc3ccnc4c3cc(C(=O)O)n4COCC[Si](C)(C)C)cc(-c3cc(Cl)ccc3F)nc21. The minimum absolute atomic E-state index is 0.00977. The Morgan fingerprint density at radius 2 is 1.91 bits per heavy atom. The number of carbonyl (C=O) groups excluding carboxylic acids is 1. The van der Waals surface area contributed by atoms with Gasteiger partial charge in [-0.3, -0.25) is 9.47 Å². The van der Waals surface area contributed by atoms with Crippen molar-refractivity contribution in [2.75, 3.05) is 30.0 Å². The van der Waals surface area contributed by atoms with Crippen LogP contribution in [-0.2, 0) is 16.2 Å². The number of benzene rings is 1. The summed E-state index contributed by atoms with van der Waals surface area (Å²) in [5.74, 6) is -1.33. The molecule has 0 saturated carbocycles. The molecule has 4 aromatic rings. The van der Waals surface area contributed by atoms with Crippen molar-refractivity contribution in [3.63, 3.8) is 0 Å². The second-order valence-electron chi connectivity index (χ2n) is 13.1. The Morgan fingerprint density at radius 1 is 1.15 bits per heavy atom. The fourth-order valence-electron chi connectivity index (χ4n) is 4.85. The zero-order valence-electron chi connectivity index (χ0n) is 26.6. The lowest BCUT2D eigenvalue weighted by Gasteiger charge is -2.32. The average molecular weight is 670 g/mol. The van der Waals surface area contributed by atoms with E-state index in [2.05, 4.69) is 34.9 Å². The zero-order chi connectivity index (χ0) is 33.4. The predicted octanol–water partition coefficient (Wildman–Crippen LogP) is 7.78. The summed E-state index contributed by atoms with van der Waals surface area (Å²) in [6.45, 7) is 12.8. The molecule has 1 aliphatic rings. The topological polar surface area (TPSA) is 128 Å². The maximum absolute atomic E-state index is 15.1. The molecule has 244 valence electrons. The molecule has 0 spiro atoms. The van der Waals surface area contributed by atoms with Gasteiger partial charge < -0.3 is 24.6 Å². The molecule has 14 heteroatoms. The van der Waals surface area contributed by atoms with E-state index in [0.29, 0.717) is 34.0 Å². The monoisotopic (exact) mass is 669 g/mol. The van der Waals surface area contributed by atoms with Crippen molar-refractivity contribution in [1.82, 2.24) is 14.5 Å². The van der Waals surface area contributed by atoms with Crippen LogP contribution < -0.4 is 15.0 Å². The molecule has 0 saturated heterocycles. The molecule has 1 aliphatic heterocycles. The largest absolute Gasteiger partial charge is 0.486 e. The molecule has 0 aliphatic carbocycles. The fraction of sp³-hybridized carbons (Fsp3) is 0.375. The number of amides is 1. The molecule has 11 nitrogen and oxygen atoms in total. The van der Waals surface area contributed by atoms with Crippen LogP contribution in [0.25, 0.3) is 22.3 Å². The van der Waals surface area contributed by atoms with E-state index in [4.69, 9.17) is 25.8 Å². The number of nitrogens with zero attached hydrogens (tertiary/aromatic N) is 4. The standard InChI is InChI=1S/C32H37ClFN5O6Si/c1-32(2,3)45-31(42)38-11-12-44-27-25(17-24(37-29(27)38)20-15-19(33)7-8-22(20)34)36-23-9-10-35-28-21(23)16-26(30(40)41)39(28)18-43-13-14-46(4,5)6/h7-10,15-17H,11-14,18H2,1-6H3,(H,40,41)(H,35,36,37). The third kappa shape index (κ3) is 7.43. The maximum atomic E-state index is 15.1. The highest BCUT2D eigenvalue weighted by atomic mass is 35.5. The highest BCUT2D eigenvalue weighted by molar-refractivity contribution is 6.76. The Balaban J connectivity index is 1.60. The van der Waals surface area contributed by atoms with E-state index < -0.39 is 31.6 Å². The number of rotatable bonds is 9. The number of hydrogen-bond acceptors (Lipinski definition) is 8. The normalized spacial score (nSPS) is 13.3. The number of pyridine rings is 2. The molecular weight excluding hydrogens is 633 g/mol. The van der Waals surface area contributed by atoms with Gasteiger partial charge >= 0.3 is 12.1 Å². The first-order valence-electron chi connectivity index (χ1n) is 14.8. The predicted molar refractivity (Wildman–Crippen MR) is 178 cm³/mol. The first-order chi connectivity index (χ1) is 21.6. The van der Waals surface area contributed by atoms with Crippen LogP contribution in [0.3, 0.4) is 0 Å². The Hall–Kier alpha value is -4.20. The second-order valence-corrected chi connectivity index (χ2v) is 19.2. The summed E-state index contributed by atoms with van der Waals surface area (Å²) in [6.07, 6.45) is 0.913. The molecule has 5 rings (SSSR count). The van der Waals surface area contributed by atoms with Crippen LogP contribution >= 0.6 is 11.6 Å². The van der Waals surface area contributed by atoms with Gasteiger partial charge in [-0.1, -0.05) is 31.2 Å². The van der Waals surface area contributed by atoms with Crippen molar-refractivity contribution in [2.45, 2.75) is 58.8 Å². The van der Waals surface area contributed by atoms with Crippen LogP contribution in [0.4, 0.5) is 26.4 Å². The van der Waals surface area contributed by atoms with E-state index in [1.165, 1.54) is 33.7 Å². The van der Waals surface area contributed by atoms with E-state index in [-0.39, 0.29) is 48.4 Å². The number of aromatic nitrogens is 3. The number of nitrogens with one attached hydrogen (secondary N) is 1. The van der Waals surface area contributed by atoms with Gasteiger partial charge in [0.05, 0.1) is 23.6 Å². The Bertz CT molecular complexity index is 1800. The first kappa shape index (κ1) is 33.2. The molecule has 0 fully saturated rings. The van der Waals surface area contributed by atoms with Gasteiger partial charge in [0, 0.05) is 36.8 Å². The average Bonchev–Trinajstić information content (AvgIpc) is 3.34. The van der Waals surface area contributed by atoms with Crippen LogP contribution in [0.5, 0.6) is 5.75 Å². The number of aromatic carboxylic acids is 1. The van der Waals surface area contributed by atoms with Gasteiger partial charge in [0.1, 0.15) is 36.1 Å². The third-order valence-electron chi connectivity index (χ3n) is 7.09. The molecular formula is C32H37ClFN5O6Si. The number of carboxylic acids is 1. The second kappa shape index (κ2) is 12.9. The molecule has 0 unspecified atom stereocenters. The molecule has 0 radical (unpaired) electrons. The lowest BCUT2D eigenvalue weighted by Crippen LogP contribution is -2.42. The van der Waals surface area contributed by atoms with E-state index in [9.17, 15) is 14.7 Å². The molecule has 4 heterocycles. The van der Waals surface area contributed by atoms with Crippen LogP contribution in [0, 0.1) is 5.82 Å². The van der Waals surface area contributed by atoms with Gasteiger partial charge in [-0.2, -0.15) is 0 Å². The smallest absolute Gasteiger partial charge is 0.416 e. The molecule has 3 aromatic heterocycles. The summed E-state index contributed by atoms with van der Waals surface area (Å²) >= 11 is 6.22. The molecule has 2 N–H and O–H groups in total. The third-order valence-corrected chi connectivity index (χ3v) is 9.03. The van der Waals surface area contributed by atoms with Crippen LogP contribution in [0.1, 0.15) is 31.3 Å². The van der Waals surface area contributed by atoms with Crippen LogP contribution in [-0.4, -0.2) is 65.1 Å². The number of carbonyl (C=O) groups is 2. The lowest BCUT2D eigenvalue weighted by molar-refractivity contribution is 0.0565. The summed E-state index contributed by atoms with van der Waals surface area (Å²) in [5, 5.41) is 14.1. The molecule has 46 heavy (non-hydrogen) atoms. The van der Waals surface area contributed by atoms with Crippen molar-refractivity contribution in [3.05, 3.63) is 59.1 Å². The fourth-order valence-corrected chi connectivity index (χ4v) is 5.78. The van der Waals surface area contributed by atoms with Gasteiger partial charge in [-0.05, 0) is 63.2 Å². The Labute approximate surface area is 272 Å². The summed E-state index contributed by atoms with van der Waals surface area (Å²) in [6, 6.07) is 9.84. The zero-order valence-corrected chi connectivity index (χ0v) is 28.4. The van der Waals surface area contributed by atoms with E-state index in [1.807, 2.05) is 0 Å². The number of hydrogen-bond donors (Lipinski definition) is 2. The van der Waals surface area contributed by atoms with Gasteiger partial charge in [-0.25, -0.2) is 23.9 Å². The molecule has 1 aromatic carbocycles. The summed E-state index contributed by atoms with van der Waals surface area (Å²) < 4.78 is 34.2. The highest BCUT2D eigenvalue weighted by Crippen LogP contribution is 2.43. The van der Waals surface area contributed by atoms with Gasteiger partial charge in [0.25, 0.3) is 0 Å². The Morgan fingerprint density at radius 3 is 2.61 bits per heavy atom. The van der Waals surface area contributed by atoms with E-state index in [1.54, 1.807) is 39.1 Å². The minimum Gasteiger partial charge on any atom is -0.486 e.